The summed E-state index contributed by atoms with van der Waals surface area (Å²) in [4.78, 5) is -0.100. The highest BCUT2D eigenvalue weighted by atomic mass is 35.5. The SMILES string of the molecule is Cc1ccc(OCc2ccc(Cl)c(F)c2)c(S(N)(=O)=O)c1. The van der Waals surface area contributed by atoms with Crippen molar-refractivity contribution in [3.05, 3.63) is 58.4 Å². The van der Waals surface area contributed by atoms with Crippen LogP contribution in [-0.2, 0) is 16.6 Å². The van der Waals surface area contributed by atoms with E-state index in [-0.39, 0.29) is 22.3 Å². The molecule has 2 rings (SSSR count). The number of primary sulfonamides is 1. The van der Waals surface area contributed by atoms with Crippen LogP contribution in [0.5, 0.6) is 5.75 Å². The molecule has 0 fully saturated rings. The second-order valence-electron chi connectivity index (χ2n) is 4.53. The molecule has 0 amide bonds. The molecule has 0 heterocycles. The number of hydrogen-bond acceptors (Lipinski definition) is 3. The average molecular weight is 330 g/mol. The van der Waals surface area contributed by atoms with E-state index in [2.05, 4.69) is 0 Å². The third-order valence-electron chi connectivity index (χ3n) is 2.78. The van der Waals surface area contributed by atoms with Crippen LogP contribution in [0.2, 0.25) is 5.02 Å². The number of nitrogens with two attached hydrogens (primary N) is 1. The van der Waals surface area contributed by atoms with E-state index in [1.165, 1.54) is 24.3 Å². The third kappa shape index (κ3) is 3.93. The van der Waals surface area contributed by atoms with E-state index in [0.717, 1.165) is 5.56 Å². The lowest BCUT2D eigenvalue weighted by atomic mass is 10.2. The Hall–Kier alpha value is -1.63. The number of halogens is 2. The number of ether oxygens (including phenoxy) is 1. The predicted octanol–water partition coefficient (Wildman–Crippen LogP) is 3.01. The van der Waals surface area contributed by atoms with Crippen molar-refractivity contribution in [3.8, 4) is 5.75 Å². The average Bonchev–Trinajstić information content (AvgIpc) is 2.40. The lowest BCUT2D eigenvalue weighted by Crippen LogP contribution is -2.14. The molecule has 0 saturated heterocycles. The normalized spacial score (nSPS) is 11.4. The first kappa shape index (κ1) is 15.8. The Balaban J connectivity index is 2.26. The molecule has 21 heavy (non-hydrogen) atoms. The van der Waals surface area contributed by atoms with Gasteiger partial charge >= 0.3 is 0 Å². The summed E-state index contributed by atoms with van der Waals surface area (Å²) >= 11 is 5.59. The molecule has 0 aliphatic heterocycles. The molecule has 0 aromatic heterocycles. The van der Waals surface area contributed by atoms with Crippen LogP contribution >= 0.6 is 11.6 Å². The van der Waals surface area contributed by atoms with Gasteiger partial charge in [-0.25, -0.2) is 17.9 Å². The van der Waals surface area contributed by atoms with Crippen LogP contribution in [0, 0.1) is 12.7 Å². The van der Waals surface area contributed by atoms with E-state index < -0.39 is 15.8 Å². The standard InChI is InChI=1S/C14H13ClFNO3S/c1-9-2-5-13(14(6-9)21(17,18)19)20-8-10-3-4-11(15)12(16)7-10/h2-7H,8H2,1H3,(H2,17,18,19). The molecule has 0 atom stereocenters. The highest BCUT2D eigenvalue weighted by Gasteiger charge is 2.15. The van der Waals surface area contributed by atoms with Crippen LogP contribution in [0.15, 0.2) is 41.3 Å². The smallest absolute Gasteiger partial charge is 0.241 e. The first-order valence-corrected chi connectivity index (χ1v) is 7.90. The Kier molecular flexibility index (Phi) is 4.51. The van der Waals surface area contributed by atoms with E-state index in [0.29, 0.717) is 5.56 Å². The predicted molar refractivity (Wildman–Crippen MR) is 78.3 cm³/mol. The zero-order chi connectivity index (χ0) is 15.6. The summed E-state index contributed by atoms with van der Waals surface area (Å²) in [5, 5.41) is 5.17. The van der Waals surface area contributed by atoms with Gasteiger partial charge in [0.1, 0.15) is 23.1 Å². The van der Waals surface area contributed by atoms with Gasteiger partial charge in [0.15, 0.2) is 0 Å². The van der Waals surface area contributed by atoms with Gasteiger partial charge in [-0.2, -0.15) is 0 Å². The molecule has 7 heteroatoms. The lowest BCUT2D eigenvalue weighted by Gasteiger charge is -2.11. The van der Waals surface area contributed by atoms with E-state index in [4.69, 9.17) is 21.5 Å². The summed E-state index contributed by atoms with van der Waals surface area (Å²) in [7, 11) is -3.90. The molecule has 0 aliphatic rings. The molecule has 0 unspecified atom stereocenters. The minimum atomic E-state index is -3.90. The Bertz CT molecular complexity index is 778. The van der Waals surface area contributed by atoms with E-state index >= 15 is 0 Å². The topological polar surface area (TPSA) is 69.4 Å². The first-order valence-electron chi connectivity index (χ1n) is 5.97. The van der Waals surface area contributed by atoms with Crippen molar-refractivity contribution in [2.45, 2.75) is 18.4 Å². The van der Waals surface area contributed by atoms with Gasteiger partial charge in [-0.3, -0.25) is 0 Å². The monoisotopic (exact) mass is 329 g/mol. The second-order valence-corrected chi connectivity index (χ2v) is 6.47. The summed E-state index contributed by atoms with van der Waals surface area (Å²) in [5.74, 6) is -0.438. The van der Waals surface area contributed by atoms with Gasteiger partial charge < -0.3 is 4.74 Å². The van der Waals surface area contributed by atoms with Gasteiger partial charge in [0, 0.05) is 0 Å². The molecular formula is C14H13ClFNO3S. The molecule has 112 valence electrons. The van der Waals surface area contributed by atoms with Gasteiger partial charge in [0.25, 0.3) is 0 Å². The maximum Gasteiger partial charge on any atom is 0.241 e. The number of sulfonamides is 1. The van der Waals surface area contributed by atoms with Gasteiger partial charge in [0.2, 0.25) is 10.0 Å². The number of rotatable bonds is 4. The molecule has 0 bridgehead atoms. The van der Waals surface area contributed by atoms with Crippen LogP contribution in [0.1, 0.15) is 11.1 Å². The van der Waals surface area contributed by atoms with Gasteiger partial charge in [-0.1, -0.05) is 23.7 Å². The molecule has 0 radical (unpaired) electrons. The quantitative estimate of drug-likeness (QED) is 0.937. The molecule has 0 spiro atoms. The van der Waals surface area contributed by atoms with Crippen LogP contribution in [0.3, 0.4) is 0 Å². The zero-order valence-corrected chi connectivity index (χ0v) is 12.7. The van der Waals surface area contributed by atoms with E-state index in [9.17, 15) is 12.8 Å². The Morgan fingerprint density at radius 3 is 2.57 bits per heavy atom. The van der Waals surface area contributed by atoms with Crippen molar-refractivity contribution < 1.29 is 17.5 Å². The van der Waals surface area contributed by atoms with Gasteiger partial charge in [-0.05, 0) is 42.3 Å². The maximum absolute atomic E-state index is 13.3. The minimum absolute atomic E-state index is 0.000328. The first-order chi connectivity index (χ1) is 9.77. The van der Waals surface area contributed by atoms with Crippen molar-refractivity contribution in [3.63, 3.8) is 0 Å². The molecule has 0 aliphatic carbocycles. The number of hydrogen-bond donors (Lipinski definition) is 1. The van der Waals surface area contributed by atoms with Crippen molar-refractivity contribution in [2.24, 2.45) is 5.14 Å². The Morgan fingerprint density at radius 1 is 1.24 bits per heavy atom. The van der Waals surface area contributed by atoms with Crippen LogP contribution < -0.4 is 9.88 Å². The molecule has 2 N–H and O–H groups in total. The fourth-order valence-corrected chi connectivity index (χ4v) is 2.62. The molecule has 4 nitrogen and oxygen atoms in total. The van der Waals surface area contributed by atoms with Crippen molar-refractivity contribution in [1.82, 2.24) is 0 Å². The summed E-state index contributed by atoms with van der Waals surface area (Å²) in [6.07, 6.45) is 0. The fourth-order valence-electron chi connectivity index (χ4n) is 1.75. The zero-order valence-electron chi connectivity index (χ0n) is 11.1. The van der Waals surface area contributed by atoms with Gasteiger partial charge in [0.05, 0.1) is 5.02 Å². The third-order valence-corrected chi connectivity index (χ3v) is 4.02. The highest BCUT2D eigenvalue weighted by molar-refractivity contribution is 7.89. The van der Waals surface area contributed by atoms with Crippen molar-refractivity contribution >= 4 is 21.6 Å². The maximum atomic E-state index is 13.3. The second kappa shape index (κ2) is 6.01. The Labute approximate surface area is 127 Å². The lowest BCUT2D eigenvalue weighted by molar-refractivity contribution is 0.297. The van der Waals surface area contributed by atoms with Crippen LogP contribution in [0.4, 0.5) is 4.39 Å². The molecule has 0 saturated carbocycles. The van der Waals surface area contributed by atoms with E-state index in [1.807, 2.05) is 0 Å². The van der Waals surface area contributed by atoms with Crippen molar-refractivity contribution in [2.75, 3.05) is 0 Å². The number of benzene rings is 2. The largest absolute Gasteiger partial charge is 0.487 e. The minimum Gasteiger partial charge on any atom is -0.487 e. The fraction of sp³-hybridized carbons (Fsp3) is 0.143. The van der Waals surface area contributed by atoms with Crippen molar-refractivity contribution in [1.29, 1.82) is 0 Å². The van der Waals surface area contributed by atoms with Crippen LogP contribution in [-0.4, -0.2) is 8.42 Å². The summed E-state index contributed by atoms with van der Waals surface area (Å²) in [6, 6.07) is 8.87. The molecule has 2 aromatic rings. The van der Waals surface area contributed by atoms with Crippen LogP contribution in [0.25, 0.3) is 0 Å². The molecular weight excluding hydrogens is 317 g/mol. The number of aryl methyl sites for hydroxylation is 1. The molecule has 2 aromatic carbocycles. The summed E-state index contributed by atoms with van der Waals surface area (Å²) < 4.78 is 41.8. The van der Waals surface area contributed by atoms with E-state index in [1.54, 1.807) is 19.1 Å². The highest BCUT2D eigenvalue weighted by Crippen LogP contribution is 2.25. The summed E-state index contributed by atoms with van der Waals surface area (Å²) in [5.41, 5.74) is 1.27. The Morgan fingerprint density at radius 2 is 1.95 bits per heavy atom. The summed E-state index contributed by atoms with van der Waals surface area (Å²) in [6.45, 7) is 1.74. The van der Waals surface area contributed by atoms with Gasteiger partial charge in [-0.15, -0.1) is 0 Å².